The number of nitrogens with zero attached hydrogens (tertiary/aromatic N) is 3. The number of aliphatic hydroxyl groups is 1. The first-order valence-electron chi connectivity index (χ1n) is 11.5. The van der Waals surface area contributed by atoms with Crippen LogP contribution in [0.3, 0.4) is 0 Å². The monoisotopic (exact) mass is 549 g/mol. The lowest BCUT2D eigenvalue weighted by atomic mass is 10.2. The number of carbonyl (C=O) groups excluding carboxylic acids is 3. The molecular weight excluding hydrogens is 514 g/mol. The Morgan fingerprint density at radius 1 is 1.22 bits per heavy atom. The summed E-state index contributed by atoms with van der Waals surface area (Å²) in [5, 5.41) is 13.9. The van der Waals surface area contributed by atoms with Gasteiger partial charge in [-0.2, -0.15) is 0 Å². The van der Waals surface area contributed by atoms with Gasteiger partial charge in [0.2, 0.25) is 6.41 Å². The molecule has 0 atom stereocenters. The SMILES string of the molecule is C=Nc1ccc2nc(CC)sc2c1.CN(CCCC=O)C(=O)NCc1ccc(Cl)cc1.CNC=O.CO. The van der Waals surface area contributed by atoms with Crippen molar-refractivity contribution in [2.24, 2.45) is 4.99 Å². The maximum Gasteiger partial charge on any atom is 0.317 e. The largest absolute Gasteiger partial charge is 0.400 e. The minimum absolute atomic E-state index is 0.143. The Morgan fingerprint density at radius 2 is 1.86 bits per heavy atom. The molecule has 0 aliphatic rings. The van der Waals surface area contributed by atoms with Crippen LogP contribution < -0.4 is 10.6 Å². The lowest BCUT2D eigenvalue weighted by Gasteiger charge is -2.17. The molecule has 3 N–H and O–H groups in total. The van der Waals surface area contributed by atoms with Crippen molar-refractivity contribution in [2.75, 3.05) is 27.7 Å². The number of nitrogens with one attached hydrogen (secondary N) is 2. The topological polar surface area (TPSA) is 124 Å². The Balaban J connectivity index is 0.000000594. The van der Waals surface area contributed by atoms with E-state index in [2.05, 4.69) is 34.3 Å². The molecule has 37 heavy (non-hydrogen) atoms. The summed E-state index contributed by atoms with van der Waals surface area (Å²) >= 11 is 7.50. The Morgan fingerprint density at radius 3 is 2.41 bits per heavy atom. The molecule has 3 rings (SSSR count). The molecule has 0 unspecified atom stereocenters. The number of rotatable bonds is 9. The van der Waals surface area contributed by atoms with E-state index in [1.165, 1.54) is 9.71 Å². The predicted molar refractivity (Wildman–Crippen MR) is 153 cm³/mol. The summed E-state index contributed by atoms with van der Waals surface area (Å²) in [6.45, 7) is 6.66. The second kappa shape index (κ2) is 20.8. The van der Waals surface area contributed by atoms with Gasteiger partial charge in [-0.05, 0) is 55.5 Å². The summed E-state index contributed by atoms with van der Waals surface area (Å²) in [6, 6.07) is 13.1. The number of unbranched alkanes of at least 4 members (excludes halogenated alkanes) is 1. The molecule has 0 radical (unpaired) electrons. The number of aromatic nitrogens is 1. The molecule has 0 aliphatic heterocycles. The van der Waals surface area contributed by atoms with E-state index in [1.807, 2.05) is 30.3 Å². The van der Waals surface area contributed by atoms with Gasteiger partial charge >= 0.3 is 6.03 Å². The third kappa shape index (κ3) is 14.1. The van der Waals surface area contributed by atoms with Gasteiger partial charge in [0, 0.05) is 45.7 Å². The van der Waals surface area contributed by atoms with E-state index in [-0.39, 0.29) is 6.03 Å². The Kier molecular flexibility index (Phi) is 18.9. The smallest absolute Gasteiger partial charge is 0.317 e. The van der Waals surface area contributed by atoms with Crippen LogP contribution in [0.1, 0.15) is 30.3 Å². The van der Waals surface area contributed by atoms with Crippen LogP contribution in [0.4, 0.5) is 10.5 Å². The highest BCUT2D eigenvalue weighted by molar-refractivity contribution is 7.18. The fourth-order valence-electron chi connectivity index (χ4n) is 2.64. The quantitative estimate of drug-likeness (QED) is 0.204. The molecule has 0 fully saturated rings. The third-order valence-corrected chi connectivity index (χ3v) is 5.95. The van der Waals surface area contributed by atoms with Gasteiger partial charge in [-0.1, -0.05) is 30.7 Å². The van der Waals surface area contributed by atoms with Crippen LogP contribution in [0.5, 0.6) is 0 Å². The van der Waals surface area contributed by atoms with Crippen LogP contribution >= 0.6 is 22.9 Å². The lowest BCUT2D eigenvalue weighted by molar-refractivity contribution is -0.109. The molecule has 1 heterocycles. The normalized spacial score (nSPS) is 9.24. The molecule has 0 spiro atoms. The molecule has 1 aromatic heterocycles. The summed E-state index contributed by atoms with van der Waals surface area (Å²) in [4.78, 5) is 40.8. The minimum atomic E-state index is -0.143. The molecule has 9 nitrogen and oxygen atoms in total. The number of urea groups is 1. The standard InChI is InChI=1S/C13H17ClN2O2.C10H10N2S.C2H5NO.CH4O/c1-16(8-2-3-9-17)13(18)15-10-11-4-6-12(14)7-5-11;1-3-10-12-8-5-4-7(11-2)6-9(8)13-10;1-3-2-4;1-2/h4-7,9H,2-3,8,10H2,1H3,(H,15,18);4-6H,2-3H2,1H3;2H,1H3,(H,3,4);2H,1H3. The number of hydrogen-bond donors (Lipinski definition) is 3. The van der Waals surface area contributed by atoms with E-state index in [0.717, 1.165) is 36.6 Å². The van der Waals surface area contributed by atoms with Gasteiger partial charge in [-0.3, -0.25) is 9.79 Å². The predicted octanol–water partition coefficient (Wildman–Crippen LogP) is 4.62. The average Bonchev–Trinajstić information content (AvgIpc) is 3.36. The van der Waals surface area contributed by atoms with Gasteiger partial charge < -0.3 is 25.4 Å². The highest BCUT2D eigenvalue weighted by atomic mass is 35.5. The molecule has 0 bridgehead atoms. The van der Waals surface area contributed by atoms with Gasteiger partial charge in [-0.25, -0.2) is 9.78 Å². The van der Waals surface area contributed by atoms with Crippen molar-refractivity contribution in [1.29, 1.82) is 0 Å². The van der Waals surface area contributed by atoms with E-state index < -0.39 is 0 Å². The third-order valence-electron chi connectivity index (χ3n) is 4.54. The van der Waals surface area contributed by atoms with Crippen LogP contribution in [0, 0.1) is 0 Å². The van der Waals surface area contributed by atoms with Gasteiger partial charge in [0.1, 0.15) is 6.29 Å². The van der Waals surface area contributed by atoms with Crippen molar-refractivity contribution in [3.05, 3.63) is 58.1 Å². The van der Waals surface area contributed by atoms with E-state index in [4.69, 9.17) is 21.5 Å². The second-order valence-electron chi connectivity index (χ2n) is 7.19. The summed E-state index contributed by atoms with van der Waals surface area (Å²) in [7, 11) is 4.27. The fourth-order valence-corrected chi connectivity index (χ4v) is 3.70. The number of amides is 3. The molecule has 11 heteroatoms. The van der Waals surface area contributed by atoms with Crippen LogP contribution in [0.15, 0.2) is 47.5 Å². The van der Waals surface area contributed by atoms with Gasteiger partial charge in [0.25, 0.3) is 0 Å². The van der Waals surface area contributed by atoms with Crippen molar-refractivity contribution in [1.82, 2.24) is 20.5 Å². The zero-order chi connectivity index (χ0) is 28.1. The Hall–Kier alpha value is -3.34. The van der Waals surface area contributed by atoms with Crippen LogP contribution in [0.25, 0.3) is 10.2 Å². The minimum Gasteiger partial charge on any atom is -0.400 e. The second-order valence-corrected chi connectivity index (χ2v) is 8.75. The van der Waals surface area contributed by atoms with Crippen molar-refractivity contribution in [3.8, 4) is 0 Å². The first kappa shape index (κ1) is 33.7. The summed E-state index contributed by atoms with van der Waals surface area (Å²) < 4.78 is 1.20. The molecule has 0 aliphatic carbocycles. The van der Waals surface area contributed by atoms with Gasteiger partial charge in [0.15, 0.2) is 0 Å². The highest BCUT2D eigenvalue weighted by Crippen LogP contribution is 2.26. The van der Waals surface area contributed by atoms with E-state index in [1.54, 1.807) is 42.5 Å². The van der Waals surface area contributed by atoms with Crippen molar-refractivity contribution >= 4 is 64.3 Å². The van der Waals surface area contributed by atoms with E-state index >= 15 is 0 Å². The summed E-state index contributed by atoms with van der Waals surface area (Å²) in [5.74, 6) is 0. The van der Waals surface area contributed by atoms with Crippen LogP contribution in [-0.4, -0.2) is 68.2 Å². The maximum absolute atomic E-state index is 11.7. The number of fused-ring (bicyclic) bond motifs is 1. The number of aliphatic imine (C=N–C) groups is 1. The first-order chi connectivity index (χ1) is 17.9. The zero-order valence-electron chi connectivity index (χ0n) is 21.7. The number of carbonyl (C=O) groups is 3. The zero-order valence-corrected chi connectivity index (χ0v) is 23.3. The molecule has 3 amide bonds. The maximum atomic E-state index is 11.7. The number of aliphatic hydroxyl groups excluding tert-OH is 1. The highest BCUT2D eigenvalue weighted by Gasteiger charge is 2.07. The number of thiazole rings is 1. The van der Waals surface area contributed by atoms with Gasteiger partial charge in [-0.15, -0.1) is 11.3 Å². The lowest BCUT2D eigenvalue weighted by Crippen LogP contribution is -2.37. The average molecular weight is 550 g/mol. The van der Waals surface area contributed by atoms with Crippen LogP contribution in [-0.2, 0) is 22.6 Å². The molecule has 0 saturated heterocycles. The van der Waals surface area contributed by atoms with Gasteiger partial charge in [0.05, 0.1) is 20.9 Å². The van der Waals surface area contributed by atoms with E-state index in [9.17, 15) is 9.59 Å². The summed E-state index contributed by atoms with van der Waals surface area (Å²) in [6.07, 6.45) is 3.65. The molecule has 2 aromatic carbocycles. The van der Waals surface area contributed by atoms with E-state index in [0.29, 0.717) is 37.4 Å². The number of hydrogen-bond acceptors (Lipinski definition) is 7. The van der Waals surface area contributed by atoms with Crippen molar-refractivity contribution < 1.29 is 19.5 Å². The number of halogens is 1. The first-order valence-corrected chi connectivity index (χ1v) is 12.7. The summed E-state index contributed by atoms with van der Waals surface area (Å²) in [5.41, 5.74) is 2.97. The molecule has 0 saturated carbocycles. The number of benzene rings is 2. The molecular formula is C26H36ClN5O4S. The number of aldehydes is 1. The Bertz CT molecular complexity index is 1080. The van der Waals surface area contributed by atoms with Crippen molar-refractivity contribution in [2.45, 2.75) is 32.7 Å². The van der Waals surface area contributed by atoms with Crippen molar-refractivity contribution in [3.63, 3.8) is 0 Å². The molecule has 202 valence electrons. The van der Waals surface area contributed by atoms with Crippen LogP contribution in [0.2, 0.25) is 5.02 Å². The Labute approximate surface area is 227 Å². The number of aryl methyl sites for hydroxylation is 1. The molecule has 3 aromatic rings. The fraction of sp³-hybridized carbons (Fsp3) is 0.346.